The molecule has 0 aromatic heterocycles. The molecule has 0 spiro atoms. The van der Waals surface area contributed by atoms with Gasteiger partial charge in [0.25, 0.3) is 0 Å². The van der Waals surface area contributed by atoms with Crippen LogP contribution in [0.1, 0.15) is 62.7 Å². The molecule has 1 aliphatic carbocycles. The highest BCUT2D eigenvalue weighted by atomic mass is 19.1. The molecule has 0 N–H and O–H groups in total. The van der Waals surface area contributed by atoms with Crippen molar-refractivity contribution in [2.75, 3.05) is 13.2 Å². The predicted molar refractivity (Wildman–Crippen MR) is 111 cm³/mol. The predicted octanol–water partition coefficient (Wildman–Crippen LogP) is 6.58. The fourth-order valence-corrected chi connectivity index (χ4v) is 5.40. The lowest BCUT2D eigenvalue weighted by Gasteiger charge is -2.33. The lowest BCUT2D eigenvalue weighted by molar-refractivity contribution is -0.0345. The maximum absolute atomic E-state index is 15.5. The van der Waals surface area contributed by atoms with Crippen LogP contribution in [0.2, 0.25) is 0 Å². The van der Waals surface area contributed by atoms with Crippen molar-refractivity contribution in [2.24, 2.45) is 11.8 Å². The summed E-state index contributed by atoms with van der Waals surface area (Å²) in [5.41, 5.74) is 2.31. The van der Waals surface area contributed by atoms with Crippen LogP contribution in [0.15, 0.2) is 24.3 Å². The second-order valence-corrected chi connectivity index (χ2v) is 8.67. The molecule has 5 heteroatoms. The van der Waals surface area contributed by atoms with Gasteiger partial charge in [0.05, 0.1) is 19.3 Å². The van der Waals surface area contributed by atoms with Crippen LogP contribution in [-0.4, -0.2) is 13.2 Å². The average molecular weight is 414 g/mol. The van der Waals surface area contributed by atoms with E-state index in [-0.39, 0.29) is 30.0 Å². The summed E-state index contributed by atoms with van der Waals surface area (Å²) in [4.78, 5) is 0. The van der Waals surface area contributed by atoms with Gasteiger partial charge >= 0.3 is 0 Å². The molecule has 2 fully saturated rings. The SMILES string of the molecule is CCOc1ccc2c(c1F)OCc1c-2ccc(C2CCC(C3CCCC3)CO2)c1F. The number of ether oxygens (including phenoxy) is 3. The molecule has 5 rings (SSSR count). The Balaban J connectivity index is 1.39. The Morgan fingerprint density at radius 1 is 0.933 bits per heavy atom. The maximum atomic E-state index is 15.5. The van der Waals surface area contributed by atoms with Crippen LogP contribution in [0, 0.1) is 23.5 Å². The highest BCUT2D eigenvalue weighted by molar-refractivity contribution is 5.77. The smallest absolute Gasteiger partial charge is 0.207 e. The first-order valence-electron chi connectivity index (χ1n) is 11.2. The normalized spacial score (nSPS) is 23.6. The Morgan fingerprint density at radius 3 is 2.47 bits per heavy atom. The van der Waals surface area contributed by atoms with Crippen molar-refractivity contribution >= 4 is 0 Å². The Labute approximate surface area is 176 Å². The number of halogens is 2. The lowest BCUT2D eigenvalue weighted by atomic mass is 9.83. The molecule has 2 unspecified atom stereocenters. The molecule has 2 aromatic rings. The zero-order chi connectivity index (χ0) is 20.7. The molecule has 1 saturated heterocycles. The number of benzene rings is 2. The molecule has 0 amide bonds. The molecule has 2 atom stereocenters. The summed E-state index contributed by atoms with van der Waals surface area (Å²) < 4.78 is 47.2. The summed E-state index contributed by atoms with van der Waals surface area (Å²) in [6, 6.07) is 7.00. The van der Waals surface area contributed by atoms with Crippen molar-refractivity contribution in [3.05, 3.63) is 47.0 Å². The first-order valence-corrected chi connectivity index (χ1v) is 11.2. The second kappa shape index (κ2) is 8.18. The highest BCUT2D eigenvalue weighted by Gasteiger charge is 2.33. The molecule has 0 bridgehead atoms. The third kappa shape index (κ3) is 3.37. The second-order valence-electron chi connectivity index (χ2n) is 8.67. The van der Waals surface area contributed by atoms with Crippen LogP contribution in [0.5, 0.6) is 11.5 Å². The molecule has 2 heterocycles. The number of fused-ring (bicyclic) bond motifs is 3. The van der Waals surface area contributed by atoms with Gasteiger partial charge in [-0.1, -0.05) is 37.8 Å². The molecular weight excluding hydrogens is 386 g/mol. The Hall–Kier alpha value is -2.14. The summed E-state index contributed by atoms with van der Waals surface area (Å²) in [7, 11) is 0. The summed E-state index contributed by atoms with van der Waals surface area (Å²) in [5.74, 6) is 0.871. The minimum atomic E-state index is -0.530. The van der Waals surface area contributed by atoms with E-state index < -0.39 is 5.82 Å². The average Bonchev–Trinajstić information content (AvgIpc) is 3.31. The molecule has 30 heavy (non-hydrogen) atoms. The maximum Gasteiger partial charge on any atom is 0.207 e. The first-order chi connectivity index (χ1) is 14.7. The Morgan fingerprint density at radius 2 is 1.73 bits per heavy atom. The van der Waals surface area contributed by atoms with E-state index in [9.17, 15) is 4.39 Å². The van der Waals surface area contributed by atoms with Crippen molar-refractivity contribution in [3.63, 3.8) is 0 Å². The Kier molecular flexibility index (Phi) is 5.40. The number of rotatable bonds is 4. The van der Waals surface area contributed by atoms with E-state index in [1.807, 2.05) is 6.07 Å². The van der Waals surface area contributed by atoms with E-state index >= 15 is 4.39 Å². The quantitative estimate of drug-likeness (QED) is 0.565. The van der Waals surface area contributed by atoms with Crippen LogP contribution in [0.25, 0.3) is 11.1 Å². The lowest BCUT2D eigenvalue weighted by Crippen LogP contribution is -2.26. The van der Waals surface area contributed by atoms with Gasteiger partial charge in [0.1, 0.15) is 12.4 Å². The van der Waals surface area contributed by atoms with Gasteiger partial charge in [0.15, 0.2) is 11.5 Å². The van der Waals surface area contributed by atoms with Gasteiger partial charge in [-0.15, -0.1) is 0 Å². The molecule has 2 aromatic carbocycles. The molecule has 1 saturated carbocycles. The van der Waals surface area contributed by atoms with Crippen molar-refractivity contribution in [2.45, 2.75) is 58.2 Å². The van der Waals surface area contributed by atoms with Crippen LogP contribution in [0.3, 0.4) is 0 Å². The molecule has 2 aliphatic heterocycles. The van der Waals surface area contributed by atoms with Crippen LogP contribution < -0.4 is 9.47 Å². The minimum Gasteiger partial charge on any atom is -0.491 e. The van der Waals surface area contributed by atoms with Gasteiger partial charge < -0.3 is 14.2 Å². The van der Waals surface area contributed by atoms with Crippen LogP contribution in [0.4, 0.5) is 8.78 Å². The van der Waals surface area contributed by atoms with Crippen molar-refractivity contribution in [1.82, 2.24) is 0 Å². The zero-order valence-electron chi connectivity index (χ0n) is 17.4. The van der Waals surface area contributed by atoms with Gasteiger partial charge in [0, 0.05) is 16.7 Å². The first kappa shape index (κ1) is 19.8. The minimum absolute atomic E-state index is 0.00588. The summed E-state index contributed by atoms with van der Waals surface area (Å²) in [5, 5.41) is 0. The topological polar surface area (TPSA) is 27.7 Å². The fourth-order valence-electron chi connectivity index (χ4n) is 5.40. The van der Waals surface area contributed by atoms with Crippen LogP contribution >= 0.6 is 0 Å². The van der Waals surface area contributed by atoms with E-state index in [4.69, 9.17) is 14.2 Å². The summed E-state index contributed by atoms with van der Waals surface area (Å²) >= 11 is 0. The zero-order valence-corrected chi connectivity index (χ0v) is 17.4. The standard InChI is InChI=1S/C25H28F2O3/c1-2-28-22-12-10-18-17-8-9-19(23(26)20(17)14-30-25(18)24(22)27)21-11-7-16(13-29-21)15-5-3-4-6-15/h8-10,12,15-16,21H,2-7,11,13-14H2,1H3. The summed E-state index contributed by atoms with van der Waals surface area (Å²) in [6.07, 6.45) is 7.01. The molecule has 0 radical (unpaired) electrons. The van der Waals surface area contributed by atoms with Crippen molar-refractivity contribution in [3.8, 4) is 22.6 Å². The van der Waals surface area contributed by atoms with E-state index in [1.54, 1.807) is 25.1 Å². The molecular formula is C25H28F2O3. The highest BCUT2D eigenvalue weighted by Crippen LogP contribution is 2.45. The Bertz CT molecular complexity index is 928. The van der Waals surface area contributed by atoms with Gasteiger partial charge in [-0.3, -0.25) is 0 Å². The number of hydrogen-bond donors (Lipinski definition) is 0. The van der Waals surface area contributed by atoms with Crippen LogP contribution in [-0.2, 0) is 11.3 Å². The molecule has 160 valence electrons. The van der Waals surface area contributed by atoms with Gasteiger partial charge in [-0.2, -0.15) is 4.39 Å². The number of hydrogen-bond acceptors (Lipinski definition) is 3. The van der Waals surface area contributed by atoms with E-state index in [1.165, 1.54) is 25.7 Å². The third-order valence-electron chi connectivity index (χ3n) is 7.01. The van der Waals surface area contributed by atoms with Crippen molar-refractivity contribution in [1.29, 1.82) is 0 Å². The molecule has 3 aliphatic rings. The monoisotopic (exact) mass is 414 g/mol. The fraction of sp³-hybridized carbons (Fsp3) is 0.520. The third-order valence-corrected chi connectivity index (χ3v) is 7.01. The largest absolute Gasteiger partial charge is 0.491 e. The van der Waals surface area contributed by atoms with E-state index in [0.29, 0.717) is 34.8 Å². The van der Waals surface area contributed by atoms with E-state index in [0.717, 1.165) is 25.4 Å². The molecule has 3 nitrogen and oxygen atoms in total. The summed E-state index contributed by atoms with van der Waals surface area (Å²) in [6.45, 7) is 2.89. The van der Waals surface area contributed by atoms with Gasteiger partial charge in [-0.25, -0.2) is 4.39 Å². The van der Waals surface area contributed by atoms with E-state index in [2.05, 4.69) is 0 Å². The van der Waals surface area contributed by atoms with Gasteiger partial charge in [0.2, 0.25) is 5.82 Å². The van der Waals surface area contributed by atoms with Gasteiger partial charge in [-0.05, 0) is 49.3 Å². The van der Waals surface area contributed by atoms with Crippen molar-refractivity contribution < 1.29 is 23.0 Å².